The molecule has 1 N–H and O–H groups in total. The van der Waals surface area contributed by atoms with Crippen LogP contribution in [0, 0.1) is 13.8 Å². The Balaban J connectivity index is 1.82. The van der Waals surface area contributed by atoms with Crippen LogP contribution in [0.1, 0.15) is 56.1 Å². The third kappa shape index (κ3) is 4.54. The molecule has 0 spiro atoms. The van der Waals surface area contributed by atoms with Crippen LogP contribution in [0.2, 0.25) is 0 Å². The summed E-state index contributed by atoms with van der Waals surface area (Å²) in [5.74, 6) is 0. The molecule has 0 bridgehead atoms. The largest absolute Gasteiger partial charge is 0.250 e. The third-order valence-electron chi connectivity index (χ3n) is 4.58. The van der Waals surface area contributed by atoms with Crippen LogP contribution < -0.4 is 4.72 Å². The zero-order chi connectivity index (χ0) is 20.7. The van der Waals surface area contributed by atoms with E-state index in [2.05, 4.69) is 36.5 Å². The van der Waals surface area contributed by atoms with Crippen molar-refractivity contribution in [1.82, 2.24) is 9.71 Å². The lowest BCUT2D eigenvalue weighted by atomic mass is 9.93. The zero-order valence-electron chi connectivity index (χ0n) is 17.0. The molecule has 2 heterocycles. The number of nitrogens with one attached hydrogen (secondary N) is 1. The fourth-order valence-corrected chi connectivity index (χ4v) is 6.50. The van der Waals surface area contributed by atoms with E-state index in [1.165, 1.54) is 11.3 Å². The normalized spacial score (nSPS) is 13.6. The first-order valence-corrected chi connectivity index (χ1v) is 12.4. The maximum Gasteiger partial charge on any atom is 0.250 e. The number of rotatable bonds is 5. The smallest absolute Gasteiger partial charge is 0.241 e. The summed E-state index contributed by atoms with van der Waals surface area (Å²) < 4.78 is 28.9. The van der Waals surface area contributed by atoms with Crippen molar-refractivity contribution in [2.75, 3.05) is 0 Å². The van der Waals surface area contributed by atoms with Gasteiger partial charge in [0.15, 0.2) is 0 Å². The Labute approximate surface area is 175 Å². The number of hydrogen-bond acceptors (Lipinski definition) is 5. The van der Waals surface area contributed by atoms with E-state index in [-0.39, 0.29) is 11.5 Å². The summed E-state index contributed by atoms with van der Waals surface area (Å²) in [4.78, 5) is 4.69. The Morgan fingerprint density at radius 2 is 1.79 bits per heavy atom. The van der Waals surface area contributed by atoms with Gasteiger partial charge in [-0.15, -0.1) is 22.7 Å². The van der Waals surface area contributed by atoms with E-state index in [0.717, 1.165) is 33.0 Å². The molecule has 3 aromatic rings. The molecule has 0 saturated carbocycles. The predicted octanol–water partition coefficient (Wildman–Crippen LogP) is 5.83. The number of thiophene rings is 1. The first-order chi connectivity index (χ1) is 13.0. The average molecular weight is 435 g/mol. The van der Waals surface area contributed by atoms with Gasteiger partial charge in [0.2, 0.25) is 0 Å². The maximum atomic E-state index is 12.9. The van der Waals surface area contributed by atoms with Crippen molar-refractivity contribution in [1.29, 1.82) is 0 Å². The molecular weight excluding hydrogens is 408 g/mol. The van der Waals surface area contributed by atoms with Crippen molar-refractivity contribution < 1.29 is 8.42 Å². The van der Waals surface area contributed by atoms with Gasteiger partial charge in [0, 0.05) is 27.8 Å². The lowest BCUT2D eigenvalue weighted by molar-refractivity contribution is 0.568. The number of aromatic nitrogens is 1. The fourth-order valence-electron chi connectivity index (χ4n) is 2.99. The van der Waals surface area contributed by atoms with Crippen LogP contribution in [0.3, 0.4) is 0 Å². The standard InChI is InChI=1S/C21H26N2O2S3/c1-13-7-8-17(14(2)9-13)15(3)23-28(24,25)19-10-16(11-26-19)20-22-18(12-27-20)21(4,5)6/h7-12,15,23H,1-6H3/t15-/m0/s1. The summed E-state index contributed by atoms with van der Waals surface area (Å²) >= 11 is 2.78. The molecule has 0 unspecified atom stereocenters. The molecule has 150 valence electrons. The van der Waals surface area contributed by atoms with Gasteiger partial charge in [-0.2, -0.15) is 0 Å². The van der Waals surface area contributed by atoms with Crippen LogP contribution in [0.5, 0.6) is 0 Å². The van der Waals surface area contributed by atoms with Crippen LogP contribution in [-0.2, 0) is 15.4 Å². The molecule has 1 atom stereocenters. The molecule has 0 saturated heterocycles. The van der Waals surface area contributed by atoms with Crippen LogP contribution in [-0.4, -0.2) is 13.4 Å². The number of sulfonamides is 1. The second-order valence-corrected chi connectivity index (χ2v) is 11.9. The van der Waals surface area contributed by atoms with Crippen molar-refractivity contribution in [3.63, 3.8) is 0 Å². The van der Waals surface area contributed by atoms with Crippen molar-refractivity contribution >= 4 is 32.7 Å². The third-order valence-corrected chi connectivity index (χ3v) is 8.46. The van der Waals surface area contributed by atoms with Gasteiger partial charge in [-0.3, -0.25) is 0 Å². The predicted molar refractivity (Wildman–Crippen MR) is 119 cm³/mol. The summed E-state index contributed by atoms with van der Waals surface area (Å²) in [6.07, 6.45) is 0. The van der Waals surface area contributed by atoms with Crippen LogP contribution in [0.4, 0.5) is 0 Å². The van der Waals surface area contributed by atoms with Gasteiger partial charge >= 0.3 is 0 Å². The van der Waals surface area contributed by atoms with Crippen molar-refractivity contribution in [2.45, 2.75) is 57.2 Å². The summed E-state index contributed by atoms with van der Waals surface area (Å²) in [5.41, 5.74) is 5.08. The van der Waals surface area contributed by atoms with Gasteiger partial charge in [0.1, 0.15) is 9.22 Å². The molecule has 0 aliphatic heterocycles. The van der Waals surface area contributed by atoms with Gasteiger partial charge in [-0.05, 0) is 38.0 Å². The van der Waals surface area contributed by atoms with E-state index < -0.39 is 10.0 Å². The highest BCUT2D eigenvalue weighted by Crippen LogP contribution is 2.34. The Bertz CT molecular complexity index is 1090. The minimum absolute atomic E-state index is 0.0252. The number of nitrogens with zero attached hydrogens (tertiary/aromatic N) is 1. The SMILES string of the molecule is Cc1ccc([C@H](C)NS(=O)(=O)c2cc(-c3nc(C(C)(C)C)cs3)cs2)c(C)c1. The molecule has 0 fully saturated rings. The Morgan fingerprint density at radius 3 is 2.39 bits per heavy atom. The highest BCUT2D eigenvalue weighted by molar-refractivity contribution is 7.91. The van der Waals surface area contributed by atoms with Gasteiger partial charge in [-0.1, -0.05) is 44.5 Å². The van der Waals surface area contributed by atoms with Gasteiger partial charge < -0.3 is 0 Å². The quantitative estimate of drug-likeness (QED) is 0.550. The van der Waals surface area contributed by atoms with E-state index in [9.17, 15) is 8.42 Å². The molecule has 28 heavy (non-hydrogen) atoms. The topological polar surface area (TPSA) is 59.1 Å². The molecule has 2 aromatic heterocycles. The van der Waals surface area contributed by atoms with Gasteiger partial charge in [-0.25, -0.2) is 18.1 Å². The van der Waals surface area contributed by atoms with E-state index in [1.54, 1.807) is 17.4 Å². The highest BCUT2D eigenvalue weighted by atomic mass is 32.2. The van der Waals surface area contributed by atoms with Crippen molar-refractivity contribution in [3.05, 3.63) is 57.4 Å². The first kappa shape index (κ1) is 21.2. The Morgan fingerprint density at radius 1 is 1.07 bits per heavy atom. The van der Waals surface area contributed by atoms with E-state index in [4.69, 9.17) is 0 Å². The van der Waals surface area contributed by atoms with E-state index in [0.29, 0.717) is 4.21 Å². The molecule has 1 aromatic carbocycles. The monoisotopic (exact) mass is 434 g/mol. The second-order valence-electron chi connectivity index (χ2n) is 8.15. The van der Waals surface area contributed by atoms with Gasteiger partial charge in [0.05, 0.1) is 5.69 Å². The lowest BCUT2D eigenvalue weighted by Gasteiger charge is -2.16. The van der Waals surface area contributed by atoms with Crippen LogP contribution in [0.15, 0.2) is 39.2 Å². The summed E-state index contributed by atoms with van der Waals surface area (Å²) in [6.45, 7) is 12.3. The van der Waals surface area contributed by atoms with Crippen LogP contribution >= 0.6 is 22.7 Å². The molecule has 0 radical (unpaired) electrons. The molecule has 3 rings (SSSR count). The van der Waals surface area contributed by atoms with E-state index >= 15 is 0 Å². The average Bonchev–Trinajstić information content (AvgIpc) is 3.23. The zero-order valence-corrected chi connectivity index (χ0v) is 19.5. The number of thiazole rings is 1. The first-order valence-electron chi connectivity index (χ1n) is 9.12. The molecule has 4 nitrogen and oxygen atoms in total. The second kappa shape index (κ2) is 7.71. The minimum Gasteiger partial charge on any atom is -0.241 e. The maximum absolute atomic E-state index is 12.9. The number of aryl methyl sites for hydroxylation is 2. The lowest BCUT2D eigenvalue weighted by Crippen LogP contribution is -2.26. The molecule has 0 aliphatic rings. The van der Waals surface area contributed by atoms with Gasteiger partial charge in [0.25, 0.3) is 10.0 Å². The molecule has 0 aliphatic carbocycles. The summed E-state index contributed by atoms with van der Waals surface area (Å²) in [6, 6.07) is 7.47. The molecular formula is C21H26N2O2S3. The Hall–Kier alpha value is -1.54. The number of benzene rings is 1. The van der Waals surface area contributed by atoms with Crippen LogP contribution in [0.25, 0.3) is 10.6 Å². The molecule has 7 heteroatoms. The van der Waals surface area contributed by atoms with Crippen molar-refractivity contribution in [2.24, 2.45) is 0 Å². The number of hydrogen-bond donors (Lipinski definition) is 1. The Kier molecular flexibility index (Phi) is 5.83. The minimum atomic E-state index is -3.60. The molecule has 0 amide bonds. The summed E-state index contributed by atoms with van der Waals surface area (Å²) in [7, 11) is -3.60. The van der Waals surface area contributed by atoms with Crippen molar-refractivity contribution in [3.8, 4) is 10.6 Å². The summed E-state index contributed by atoms with van der Waals surface area (Å²) in [5, 5.41) is 4.76. The van der Waals surface area contributed by atoms with E-state index in [1.807, 2.05) is 43.7 Å². The highest BCUT2D eigenvalue weighted by Gasteiger charge is 2.23. The fraction of sp³-hybridized carbons (Fsp3) is 0.381.